The van der Waals surface area contributed by atoms with Crippen LogP contribution in [0.15, 0.2) is 79.1 Å². The minimum absolute atomic E-state index is 0.170. The molecular weight excluding hydrogens is 326 g/mol. The third-order valence-corrected chi connectivity index (χ3v) is 3.88. The van der Waals surface area contributed by atoms with Gasteiger partial charge in [0.05, 0.1) is 0 Å². The topological polar surface area (TPSA) is 71.1 Å². The third kappa shape index (κ3) is 4.77. The lowest BCUT2D eigenvalue weighted by atomic mass is 10.1. The smallest absolute Gasteiger partial charge is 0.251 e. The van der Waals surface area contributed by atoms with E-state index in [0.717, 1.165) is 11.1 Å². The quantitative estimate of drug-likeness (QED) is 0.721. The molecule has 130 valence electrons. The number of carbonyl (C=O) groups excluding carboxylic acids is 2. The molecule has 0 aliphatic rings. The molecule has 5 heteroatoms. The van der Waals surface area contributed by atoms with Crippen LogP contribution in [0.5, 0.6) is 0 Å². The van der Waals surface area contributed by atoms with E-state index >= 15 is 0 Å². The molecule has 1 aromatic heterocycles. The standard InChI is InChI=1S/C21H19N3O2/c25-20(23-14-16-5-2-1-3-6-16)18-8-10-19(11-9-18)21(26)24-15-17-7-4-12-22-13-17/h1-13H,14-15H2,(H,23,25)(H,24,26). The average molecular weight is 345 g/mol. The Hall–Kier alpha value is -3.47. The van der Waals surface area contributed by atoms with E-state index in [1.54, 1.807) is 36.7 Å². The van der Waals surface area contributed by atoms with Gasteiger partial charge in [0.1, 0.15) is 0 Å². The van der Waals surface area contributed by atoms with Crippen molar-refractivity contribution in [3.05, 3.63) is 101 Å². The molecule has 0 saturated heterocycles. The zero-order valence-corrected chi connectivity index (χ0v) is 14.2. The number of hydrogen-bond acceptors (Lipinski definition) is 3. The predicted octanol–water partition coefficient (Wildman–Crippen LogP) is 2.94. The van der Waals surface area contributed by atoms with Gasteiger partial charge in [0.2, 0.25) is 0 Å². The van der Waals surface area contributed by atoms with E-state index in [9.17, 15) is 9.59 Å². The van der Waals surface area contributed by atoms with Crippen molar-refractivity contribution in [2.45, 2.75) is 13.1 Å². The Bertz CT molecular complexity index is 788. The van der Waals surface area contributed by atoms with Crippen molar-refractivity contribution in [1.82, 2.24) is 15.6 Å². The Labute approximate surface area is 152 Å². The number of benzene rings is 2. The van der Waals surface area contributed by atoms with Gasteiger partial charge in [-0.2, -0.15) is 0 Å². The highest BCUT2D eigenvalue weighted by Gasteiger charge is 2.09. The molecule has 1 heterocycles. The summed E-state index contributed by atoms with van der Waals surface area (Å²) in [6, 6.07) is 20.0. The molecule has 3 aromatic rings. The van der Waals surface area contributed by atoms with Crippen LogP contribution in [-0.2, 0) is 13.1 Å². The molecule has 0 aliphatic heterocycles. The molecule has 26 heavy (non-hydrogen) atoms. The minimum Gasteiger partial charge on any atom is -0.348 e. The number of aromatic nitrogens is 1. The molecular formula is C21H19N3O2. The summed E-state index contributed by atoms with van der Waals surface area (Å²) in [5.74, 6) is -0.360. The molecule has 2 aromatic carbocycles. The van der Waals surface area contributed by atoms with Gasteiger partial charge < -0.3 is 10.6 Å². The maximum Gasteiger partial charge on any atom is 0.251 e. The molecule has 0 saturated carbocycles. The number of carbonyl (C=O) groups is 2. The first-order valence-electron chi connectivity index (χ1n) is 8.31. The Morgan fingerprint density at radius 3 is 1.77 bits per heavy atom. The summed E-state index contributed by atoms with van der Waals surface area (Å²) in [4.78, 5) is 28.4. The summed E-state index contributed by atoms with van der Waals surface area (Å²) in [6.45, 7) is 0.874. The van der Waals surface area contributed by atoms with Crippen molar-refractivity contribution in [2.24, 2.45) is 0 Å². The molecule has 5 nitrogen and oxygen atoms in total. The summed E-state index contributed by atoms with van der Waals surface area (Å²) in [7, 11) is 0. The van der Waals surface area contributed by atoms with E-state index in [1.807, 2.05) is 42.5 Å². The normalized spacial score (nSPS) is 10.2. The van der Waals surface area contributed by atoms with Crippen molar-refractivity contribution >= 4 is 11.8 Å². The molecule has 0 bridgehead atoms. The van der Waals surface area contributed by atoms with Gasteiger partial charge in [-0.1, -0.05) is 36.4 Å². The molecule has 0 radical (unpaired) electrons. The highest BCUT2D eigenvalue weighted by molar-refractivity contribution is 5.97. The molecule has 0 spiro atoms. The van der Waals surface area contributed by atoms with Crippen LogP contribution in [0, 0.1) is 0 Å². The van der Waals surface area contributed by atoms with Gasteiger partial charge in [-0.3, -0.25) is 14.6 Å². The molecule has 3 rings (SSSR count). The van der Waals surface area contributed by atoms with E-state index in [1.165, 1.54) is 0 Å². The van der Waals surface area contributed by atoms with Crippen molar-refractivity contribution in [2.75, 3.05) is 0 Å². The minimum atomic E-state index is -0.190. The highest BCUT2D eigenvalue weighted by Crippen LogP contribution is 2.06. The fourth-order valence-electron chi connectivity index (χ4n) is 2.44. The van der Waals surface area contributed by atoms with Crippen LogP contribution in [-0.4, -0.2) is 16.8 Å². The molecule has 0 atom stereocenters. The largest absolute Gasteiger partial charge is 0.348 e. The van der Waals surface area contributed by atoms with Gasteiger partial charge in [-0.05, 0) is 41.5 Å². The predicted molar refractivity (Wildman–Crippen MR) is 99.5 cm³/mol. The Balaban J connectivity index is 1.53. The van der Waals surface area contributed by atoms with Crippen LogP contribution in [0.3, 0.4) is 0 Å². The number of nitrogens with one attached hydrogen (secondary N) is 2. The van der Waals surface area contributed by atoms with Gasteiger partial charge in [-0.25, -0.2) is 0 Å². The van der Waals surface area contributed by atoms with Crippen molar-refractivity contribution < 1.29 is 9.59 Å². The second kappa shape index (κ2) is 8.58. The molecule has 0 aliphatic carbocycles. The average Bonchev–Trinajstić information content (AvgIpc) is 2.72. The fourth-order valence-corrected chi connectivity index (χ4v) is 2.44. The summed E-state index contributed by atoms with van der Waals surface area (Å²) < 4.78 is 0. The Morgan fingerprint density at radius 1 is 0.692 bits per heavy atom. The number of nitrogens with zero attached hydrogens (tertiary/aromatic N) is 1. The monoisotopic (exact) mass is 345 g/mol. The second-order valence-corrected chi connectivity index (χ2v) is 5.79. The van der Waals surface area contributed by atoms with Gasteiger partial charge in [0, 0.05) is 36.6 Å². The first kappa shape index (κ1) is 17.4. The number of hydrogen-bond donors (Lipinski definition) is 2. The maximum absolute atomic E-state index is 12.2. The lowest BCUT2D eigenvalue weighted by Gasteiger charge is -2.07. The van der Waals surface area contributed by atoms with Crippen LogP contribution in [0.1, 0.15) is 31.8 Å². The third-order valence-electron chi connectivity index (χ3n) is 3.88. The van der Waals surface area contributed by atoms with E-state index < -0.39 is 0 Å². The summed E-state index contributed by atoms with van der Waals surface area (Å²) in [5.41, 5.74) is 2.99. The van der Waals surface area contributed by atoms with E-state index in [0.29, 0.717) is 24.2 Å². The zero-order valence-electron chi connectivity index (χ0n) is 14.2. The maximum atomic E-state index is 12.2. The second-order valence-electron chi connectivity index (χ2n) is 5.79. The molecule has 0 unspecified atom stereocenters. The molecule has 0 fully saturated rings. The first-order chi connectivity index (χ1) is 12.7. The molecule has 2 amide bonds. The van der Waals surface area contributed by atoms with Gasteiger partial charge in [0.25, 0.3) is 11.8 Å². The number of rotatable bonds is 6. The van der Waals surface area contributed by atoms with Crippen LogP contribution in [0.4, 0.5) is 0 Å². The fraction of sp³-hybridized carbons (Fsp3) is 0.0952. The number of pyridine rings is 1. The van der Waals surface area contributed by atoms with Crippen LogP contribution in [0.2, 0.25) is 0 Å². The Kier molecular flexibility index (Phi) is 5.72. The molecule has 2 N–H and O–H groups in total. The SMILES string of the molecule is O=C(NCc1ccccc1)c1ccc(C(=O)NCc2cccnc2)cc1. The first-order valence-corrected chi connectivity index (χ1v) is 8.31. The van der Waals surface area contributed by atoms with Crippen molar-refractivity contribution in [3.8, 4) is 0 Å². The van der Waals surface area contributed by atoms with E-state index in [2.05, 4.69) is 15.6 Å². The lowest BCUT2D eigenvalue weighted by molar-refractivity contribution is 0.0939. The van der Waals surface area contributed by atoms with Gasteiger partial charge in [-0.15, -0.1) is 0 Å². The van der Waals surface area contributed by atoms with Crippen LogP contribution < -0.4 is 10.6 Å². The van der Waals surface area contributed by atoms with Gasteiger partial charge in [0.15, 0.2) is 0 Å². The van der Waals surface area contributed by atoms with Crippen molar-refractivity contribution in [3.63, 3.8) is 0 Å². The highest BCUT2D eigenvalue weighted by atomic mass is 16.2. The van der Waals surface area contributed by atoms with Crippen molar-refractivity contribution in [1.29, 1.82) is 0 Å². The van der Waals surface area contributed by atoms with Crippen LogP contribution >= 0.6 is 0 Å². The van der Waals surface area contributed by atoms with Crippen LogP contribution in [0.25, 0.3) is 0 Å². The summed E-state index contributed by atoms with van der Waals surface area (Å²) in [6.07, 6.45) is 3.40. The van der Waals surface area contributed by atoms with E-state index in [-0.39, 0.29) is 11.8 Å². The summed E-state index contributed by atoms with van der Waals surface area (Å²) >= 11 is 0. The number of amides is 2. The Morgan fingerprint density at radius 2 is 1.23 bits per heavy atom. The summed E-state index contributed by atoms with van der Waals surface area (Å²) in [5, 5.41) is 5.70. The van der Waals surface area contributed by atoms with Gasteiger partial charge >= 0.3 is 0 Å². The van der Waals surface area contributed by atoms with E-state index in [4.69, 9.17) is 0 Å². The lowest BCUT2D eigenvalue weighted by Crippen LogP contribution is -2.24. The zero-order chi connectivity index (χ0) is 18.2.